The molecule has 68 valence electrons. The molecular weight excluding hydrogens is 144 g/mol. The van der Waals surface area contributed by atoms with Gasteiger partial charge in [-0.2, -0.15) is 0 Å². The molecule has 0 radical (unpaired) electrons. The quantitative estimate of drug-likeness (QED) is 0.502. The van der Waals surface area contributed by atoms with E-state index in [1.807, 2.05) is 13.8 Å². The Morgan fingerprint density at radius 1 is 0.833 bits per heavy atom. The molecule has 2 aliphatic rings. The first-order valence-corrected chi connectivity index (χ1v) is 5.35. The van der Waals surface area contributed by atoms with E-state index in [1.54, 1.807) is 11.1 Å². The van der Waals surface area contributed by atoms with Gasteiger partial charge in [0, 0.05) is 0 Å². The van der Waals surface area contributed by atoms with Crippen molar-refractivity contribution in [2.75, 3.05) is 0 Å². The maximum Gasteiger partial charge on any atom is -0.0279 e. The van der Waals surface area contributed by atoms with Crippen molar-refractivity contribution in [1.29, 1.82) is 0 Å². The molecular formula is C12H20. The van der Waals surface area contributed by atoms with Gasteiger partial charge in [0.25, 0.3) is 0 Å². The molecule has 0 bridgehead atoms. The largest absolute Gasteiger partial charge is 0.0807 e. The Hall–Kier alpha value is -0.520. The minimum Gasteiger partial charge on any atom is -0.0807 e. The molecule has 0 spiro atoms. The fourth-order valence-corrected chi connectivity index (χ4v) is 1.93. The van der Waals surface area contributed by atoms with Crippen LogP contribution in [-0.2, 0) is 0 Å². The predicted molar refractivity (Wildman–Crippen MR) is 55.2 cm³/mol. The summed E-state index contributed by atoms with van der Waals surface area (Å²) in [5.41, 5.74) is 3.33. The monoisotopic (exact) mass is 164 g/mol. The van der Waals surface area contributed by atoms with Gasteiger partial charge in [-0.1, -0.05) is 26.0 Å². The second-order valence-corrected chi connectivity index (χ2v) is 3.24. The number of fused-ring (bicyclic) bond motifs is 1. The zero-order valence-corrected chi connectivity index (χ0v) is 8.40. The SMILES string of the molecule is C1=C2CCCCC2=CCC1.CC. The van der Waals surface area contributed by atoms with Gasteiger partial charge in [0.2, 0.25) is 0 Å². The number of hydrogen-bond acceptors (Lipinski definition) is 0. The smallest absolute Gasteiger partial charge is 0.0279 e. The Morgan fingerprint density at radius 3 is 1.67 bits per heavy atom. The molecule has 2 aliphatic carbocycles. The van der Waals surface area contributed by atoms with Crippen LogP contribution in [0.3, 0.4) is 0 Å². The van der Waals surface area contributed by atoms with Crippen LogP contribution in [0.25, 0.3) is 0 Å². The molecule has 0 heteroatoms. The van der Waals surface area contributed by atoms with Gasteiger partial charge in [-0.3, -0.25) is 0 Å². The lowest BCUT2D eigenvalue weighted by molar-refractivity contribution is 0.665. The molecule has 0 aromatic rings. The van der Waals surface area contributed by atoms with Crippen LogP contribution in [0.2, 0.25) is 0 Å². The van der Waals surface area contributed by atoms with Gasteiger partial charge in [-0.05, 0) is 49.7 Å². The average molecular weight is 164 g/mol. The van der Waals surface area contributed by atoms with Gasteiger partial charge in [0.05, 0.1) is 0 Å². The molecule has 0 saturated heterocycles. The average Bonchev–Trinajstić information content (AvgIpc) is 2.21. The lowest BCUT2D eigenvalue weighted by atomic mass is 9.85. The maximum atomic E-state index is 2.44. The normalized spacial score (nSPS) is 21.2. The van der Waals surface area contributed by atoms with E-state index >= 15 is 0 Å². The molecule has 0 aliphatic heterocycles. The summed E-state index contributed by atoms with van der Waals surface area (Å²) < 4.78 is 0. The third kappa shape index (κ3) is 2.23. The van der Waals surface area contributed by atoms with Gasteiger partial charge in [-0.25, -0.2) is 0 Å². The van der Waals surface area contributed by atoms with E-state index in [-0.39, 0.29) is 0 Å². The molecule has 1 fully saturated rings. The van der Waals surface area contributed by atoms with Gasteiger partial charge in [0.15, 0.2) is 0 Å². The first kappa shape index (κ1) is 9.57. The third-order valence-corrected chi connectivity index (χ3v) is 2.50. The summed E-state index contributed by atoms with van der Waals surface area (Å²) in [6.45, 7) is 4.00. The Morgan fingerprint density at radius 2 is 1.25 bits per heavy atom. The predicted octanol–water partition coefficient (Wildman–Crippen LogP) is 4.23. The summed E-state index contributed by atoms with van der Waals surface area (Å²) in [5, 5.41) is 0. The molecule has 0 heterocycles. The molecule has 0 unspecified atom stereocenters. The van der Waals surface area contributed by atoms with Gasteiger partial charge < -0.3 is 0 Å². The van der Waals surface area contributed by atoms with Crippen LogP contribution in [0.4, 0.5) is 0 Å². The summed E-state index contributed by atoms with van der Waals surface area (Å²) in [6.07, 6.45) is 13.0. The van der Waals surface area contributed by atoms with Crippen LogP contribution in [0.5, 0.6) is 0 Å². The van der Waals surface area contributed by atoms with E-state index in [2.05, 4.69) is 12.2 Å². The highest BCUT2D eigenvalue weighted by atomic mass is 14.2. The number of rotatable bonds is 0. The van der Waals surface area contributed by atoms with Crippen LogP contribution < -0.4 is 0 Å². The second-order valence-electron chi connectivity index (χ2n) is 3.24. The zero-order valence-electron chi connectivity index (χ0n) is 8.40. The van der Waals surface area contributed by atoms with Crippen LogP contribution in [0, 0.1) is 0 Å². The molecule has 0 nitrogen and oxygen atoms in total. The van der Waals surface area contributed by atoms with Crippen LogP contribution in [0.15, 0.2) is 23.3 Å². The summed E-state index contributed by atoms with van der Waals surface area (Å²) in [4.78, 5) is 0. The standard InChI is InChI=1S/C10H14.C2H6/c1-2-6-10-8-4-3-7-9(10)5-1;1-2/h5-6H,1-4,7-8H2;1-2H3. The molecule has 0 aromatic carbocycles. The van der Waals surface area contributed by atoms with E-state index in [1.165, 1.54) is 38.5 Å². The van der Waals surface area contributed by atoms with Crippen LogP contribution >= 0.6 is 0 Å². The Balaban J connectivity index is 0.000000336. The zero-order chi connectivity index (χ0) is 8.81. The molecule has 2 rings (SSSR count). The Labute approximate surface area is 76.4 Å². The van der Waals surface area contributed by atoms with Crippen LogP contribution in [-0.4, -0.2) is 0 Å². The van der Waals surface area contributed by atoms with Gasteiger partial charge >= 0.3 is 0 Å². The lowest BCUT2D eigenvalue weighted by Crippen LogP contribution is -2.01. The topological polar surface area (TPSA) is 0 Å². The van der Waals surface area contributed by atoms with Crippen molar-refractivity contribution in [2.45, 2.75) is 52.4 Å². The maximum absolute atomic E-state index is 2.44. The fraction of sp³-hybridized carbons (Fsp3) is 0.667. The first-order chi connectivity index (χ1) is 5.97. The van der Waals surface area contributed by atoms with Crippen molar-refractivity contribution >= 4 is 0 Å². The minimum absolute atomic E-state index is 1.29. The highest BCUT2D eigenvalue weighted by Crippen LogP contribution is 2.31. The van der Waals surface area contributed by atoms with Gasteiger partial charge in [-0.15, -0.1) is 0 Å². The van der Waals surface area contributed by atoms with Crippen molar-refractivity contribution in [2.24, 2.45) is 0 Å². The Bertz CT molecular complexity index is 162. The van der Waals surface area contributed by atoms with Crippen LogP contribution in [0.1, 0.15) is 52.4 Å². The molecule has 0 N–H and O–H groups in total. The number of hydrogen-bond donors (Lipinski definition) is 0. The Kier molecular flexibility index (Phi) is 4.13. The van der Waals surface area contributed by atoms with E-state index in [0.29, 0.717) is 0 Å². The highest BCUT2D eigenvalue weighted by Gasteiger charge is 2.12. The number of allylic oxidation sites excluding steroid dienone is 4. The van der Waals surface area contributed by atoms with E-state index < -0.39 is 0 Å². The molecule has 0 amide bonds. The third-order valence-electron chi connectivity index (χ3n) is 2.50. The first-order valence-electron chi connectivity index (χ1n) is 5.35. The van der Waals surface area contributed by atoms with Crippen molar-refractivity contribution < 1.29 is 0 Å². The lowest BCUT2D eigenvalue weighted by Gasteiger charge is -2.20. The van der Waals surface area contributed by atoms with Crippen molar-refractivity contribution in [3.63, 3.8) is 0 Å². The van der Waals surface area contributed by atoms with Crippen molar-refractivity contribution in [3.05, 3.63) is 23.3 Å². The fourth-order valence-electron chi connectivity index (χ4n) is 1.93. The second kappa shape index (κ2) is 5.18. The van der Waals surface area contributed by atoms with Crippen molar-refractivity contribution in [3.8, 4) is 0 Å². The van der Waals surface area contributed by atoms with E-state index in [0.717, 1.165) is 0 Å². The minimum atomic E-state index is 1.29. The van der Waals surface area contributed by atoms with Crippen molar-refractivity contribution in [1.82, 2.24) is 0 Å². The summed E-state index contributed by atoms with van der Waals surface area (Å²) in [7, 11) is 0. The van der Waals surface area contributed by atoms with E-state index in [9.17, 15) is 0 Å². The molecule has 1 saturated carbocycles. The summed E-state index contributed by atoms with van der Waals surface area (Å²) >= 11 is 0. The summed E-state index contributed by atoms with van der Waals surface area (Å²) in [6, 6.07) is 0. The highest BCUT2D eigenvalue weighted by molar-refractivity contribution is 5.34. The summed E-state index contributed by atoms with van der Waals surface area (Å²) in [5.74, 6) is 0. The van der Waals surface area contributed by atoms with Gasteiger partial charge in [0.1, 0.15) is 0 Å². The molecule has 0 atom stereocenters. The molecule has 0 aromatic heterocycles. The van der Waals surface area contributed by atoms with E-state index in [4.69, 9.17) is 0 Å². The molecule has 12 heavy (non-hydrogen) atoms.